The molecule has 3 heterocycles. The Hall–Kier alpha value is -2.47. The van der Waals surface area contributed by atoms with Gasteiger partial charge in [0.25, 0.3) is 0 Å². The molecule has 0 bridgehead atoms. The number of hydrogen-bond acceptors (Lipinski definition) is 4. The first-order valence-electron chi connectivity index (χ1n) is 7.35. The molecule has 0 saturated heterocycles. The Morgan fingerprint density at radius 2 is 2.09 bits per heavy atom. The Labute approximate surface area is 136 Å². The number of halogens is 1. The van der Waals surface area contributed by atoms with Crippen LogP contribution in [0.3, 0.4) is 0 Å². The smallest absolute Gasteiger partial charge is 0.166 e. The van der Waals surface area contributed by atoms with Crippen LogP contribution in [0.2, 0.25) is 0 Å². The van der Waals surface area contributed by atoms with Gasteiger partial charge in [-0.25, -0.2) is 9.37 Å². The van der Waals surface area contributed by atoms with E-state index in [2.05, 4.69) is 33.5 Å². The number of nitrogens with one attached hydrogen (secondary N) is 2. The van der Waals surface area contributed by atoms with Crippen LogP contribution < -0.4 is 5.32 Å². The maximum absolute atomic E-state index is 13.7. The quantitative estimate of drug-likeness (QED) is 0.581. The van der Waals surface area contributed by atoms with Gasteiger partial charge >= 0.3 is 0 Å². The molecule has 23 heavy (non-hydrogen) atoms. The number of fused-ring (bicyclic) bond motifs is 3. The van der Waals surface area contributed by atoms with Gasteiger partial charge in [0.2, 0.25) is 0 Å². The van der Waals surface area contributed by atoms with E-state index in [1.165, 1.54) is 11.6 Å². The monoisotopic (exact) mass is 326 g/mol. The topological polar surface area (TPSA) is 53.6 Å². The van der Waals surface area contributed by atoms with Gasteiger partial charge in [-0.3, -0.25) is 5.10 Å². The van der Waals surface area contributed by atoms with Gasteiger partial charge in [0.15, 0.2) is 5.82 Å². The molecule has 0 atom stereocenters. The second-order valence-electron chi connectivity index (χ2n) is 5.58. The van der Waals surface area contributed by atoms with Crippen molar-refractivity contribution in [3.63, 3.8) is 0 Å². The number of hydrogen-bond donors (Lipinski definition) is 2. The van der Waals surface area contributed by atoms with Gasteiger partial charge in [-0.1, -0.05) is 18.2 Å². The van der Waals surface area contributed by atoms with Gasteiger partial charge in [-0.2, -0.15) is 5.10 Å². The van der Waals surface area contributed by atoms with Crippen LogP contribution in [-0.4, -0.2) is 15.2 Å². The van der Waals surface area contributed by atoms with Crippen molar-refractivity contribution in [2.24, 2.45) is 0 Å². The predicted octanol–water partition coefficient (Wildman–Crippen LogP) is 4.54. The lowest BCUT2D eigenvalue weighted by atomic mass is 10.1. The van der Waals surface area contributed by atoms with Crippen molar-refractivity contribution >= 4 is 37.6 Å². The molecule has 4 aromatic rings. The van der Waals surface area contributed by atoms with Crippen LogP contribution in [0.25, 0.3) is 20.4 Å². The Bertz CT molecular complexity index is 1020. The number of H-pyrrole nitrogens is 1. The SMILES string of the molecule is Cc1cc(C)c2c(n1)sc1c(NCc3ccccc3F)n[nH]c12. The minimum Gasteiger partial charge on any atom is -0.363 e. The summed E-state index contributed by atoms with van der Waals surface area (Å²) in [6.07, 6.45) is 0. The zero-order valence-electron chi connectivity index (χ0n) is 12.8. The molecule has 116 valence electrons. The molecule has 6 heteroatoms. The number of nitrogens with zero attached hydrogens (tertiary/aromatic N) is 2. The Kier molecular flexibility index (Phi) is 3.27. The Morgan fingerprint density at radius 3 is 2.91 bits per heavy atom. The highest BCUT2D eigenvalue weighted by molar-refractivity contribution is 7.26. The summed E-state index contributed by atoms with van der Waals surface area (Å²) in [5.41, 5.74) is 3.80. The van der Waals surface area contributed by atoms with Gasteiger partial charge < -0.3 is 5.32 Å². The molecule has 0 fully saturated rings. The summed E-state index contributed by atoms with van der Waals surface area (Å²) in [5, 5.41) is 11.8. The summed E-state index contributed by atoms with van der Waals surface area (Å²) in [6, 6.07) is 8.82. The van der Waals surface area contributed by atoms with Crippen LogP contribution >= 0.6 is 11.3 Å². The molecule has 4 nitrogen and oxygen atoms in total. The Morgan fingerprint density at radius 1 is 1.26 bits per heavy atom. The number of anilines is 1. The van der Waals surface area contributed by atoms with E-state index in [4.69, 9.17) is 0 Å². The summed E-state index contributed by atoms with van der Waals surface area (Å²) >= 11 is 1.60. The highest BCUT2D eigenvalue weighted by atomic mass is 32.1. The third-order valence-electron chi connectivity index (χ3n) is 3.89. The van der Waals surface area contributed by atoms with Crippen LogP contribution in [0.5, 0.6) is 0 Å². The average molecular weight is 326 g/mol. The number of aromatic nitrogens is 3. The standard InChI is InChI=1S/C17H15FN4S/c1-9-7-10(2)20-17-13(9)14-15(23-17)16(22-21-14)19-8-11-5-3-4-6-12(11)18/h3-7H,8H2,1-2H3,(H2,19,21,22). The summed E-state index contributed by atoms with van der Waals surface area (Å²) in [5.74, 6) is 0.527. The van der Waals surface area contributed by atoms with Crippen molar-refractivity contribution in [3.8, 4) is 0 Å². The summed E-state index contributed by atoms with van der Waals surface area (Å²) in [4.78, 5) is 5.60. The van der Waals surface area contributed by atoms with Crippen molar-refractivity contribution < 1.29 is 4.39 Å². The molecule has 0 aliphatic rings. The fourth-order valence-electron chi connectivity index (χ4n) is 2.82. The summed E-state index contributed by atoms with van der Waals surface area (Å²) in [7, 11) is 0. The fraction of sp³-hybridized carbons (Fsp3) is 0.176. The van der Waals surface area contributed by atoms with Gasteiger partial charge in [0, 0.05) is 23.2 Å². The van der Waals surface area contributed by atoms with Crippen LogP contribution in [0.4, 0.5) is 10.2 Å². The van der Waals surface area contributed by atoms with E-state index < -0.39 is 0 Å². The van der Waals surface area contributed by atoms with Crippen LogP contribution in [0.1, 0.15) is 16.8 Å². The number of aryl methyl sites for hydroxylation is 2. The van der Waals surface area contributed by atoms with Gasteiger partial charge in [0.1, 0.15) is 10.6 Å². The van der Waals surface area contributed by atoms with Crippen molar-refractivity contribution in [2.45, 2.75) is 20.4 Å². The van der Waals surface area contributed by atoms with E-state index in [1.54, 1.807) is 23.5 Å². The lowest BCUT2D eigenvalue weighted by Crippen LogP contribution is -2.01. The highest BCUT2D eigenvalue weighted by Gasteiger charge is 2.15. The van der Waals surface area contributed by atoms with Crippen LogP contribution in [-0.2, 0) is 6.54 Å². The van der Waals surface area contributed by atoms with Crippen molar-refractivity contribution in [2.75, 3.05) is 5.32 Å². The zero-order chi connectivity index (χ0) is 16.0. The molecule has 0 aliphatic carbocycles. The third kappa shape index (κ3) is 2.35. The normalized spacial score (nSPS) is 11.4. The van der Waals surface area contributed by atoms with E-state index in [0.717, 1.165) is 31.9 Å². The molecule has 0 amide bonds. The van der Waals surface area contributed by atoms with Crippen LogP contribution in [0.15, 0.2) is 30.3 Å². The molecular weight excluding hydrogens is 311 g/mol. The Balaban J connectivity index is 1.74. The molecule has 0 unspecified atom stereocenters. The third-order valence-corrected chi connectivity index (χ3v) is 4.98. The molecule has 0 spiro atoms. The second-order valence-corrected chi connectivity index (χ2v) is 6.58. The number of pyridine rings is 1. The maximum Gasteiger partial charge on any atom is 0.166 e. The molecular formula is C17H15FN4S. The van der Waals surface area contributed by atoms with Gasteiger partial charge in [-0.15, -0.1) is 11.3 Å². The largest absolute Gasteiger partial charge is 0.363 e. The molecule has 0 aliphatic heterocycles. The van der Waals surface area contributed by atoms with E-state index in [1.807, 2.05) is 13.0 Å². The predicted molar refractivity (Wildman–Crippen MR) is 92.5 cm³/mol. The molecule has 1 aromatic carbocycles. The van der Waals surface area contributed by atoms with E-state index in [9.17, 15) is 4.39 Å². The minimum absolute atomic E-state index is 0.212. The number of thiophene rings is 1. The van der Waals surface area contributed by atoms with Crippen molar-refractivity contribution in [3.05, 3.63) is 53.0 Å². The fourth-order valence-corrected chi connectivity index (χ4v) is 4.03. The van der Waals surface area contributed by atoms with E-state index in [-0.39, 0.29) is 5.82 Å². The molecule has 2 N–H and O–H groups in total. The molecule has 4 rings (SSSR count). The van der Waals surface area contributed by atoms with Crippen molar-refractivity contribution in [1.29, 1.82) is 0 Å². The van der Waals surface area contributed by atoms with Gasteiger partial charge in [0.05, 0.1) is 10.2 Å². The first kappa shape index (κ1) is 14.1. The van der Waals surface area contributed by atoms with Crippen molar-refractivity contribution in [1.82, 2.24) is 15.2 Å². The molecule has 0 radical (unpaired) electrons. The maximum atomic E-state index is 13.7. The number of benzene rings is 1. The van der Waals surface area contributed by atoms with E-state index in [0.29, 0.717) is 12.1 Å². The van der Waals surface area contributed by atoms with E-state index >= 15 is 0 Å². The summed E-state index contributed by atoms with van der Waals surface area (Å²) < 4.78 is 14.7. The number of rotatable bonds is 3. The highest BCUT2D eigenvalue weighted by Crippen LogP contribution is 2.37. The summed E-state index contributed by atoms with van der Waals surface area (Å²) in [6.45, 7) is 4.47. The molecule has 3 aromatic heterocycles. The first-order chi connectivity index (χ1) is 11.1. The second kappa shape index (κ2) is 5.31. The lowest BCUT2D eigenvalue weighted by Gasteiger charge is -2.04. The van der Waals surface area contributed by atoms with Gasteiger partial charge in [-0.05, 0) is 31.5 Å². The first-order valence-corrected chi connectivity index (χ1v) is 8.17. The minimum atomic E-state index is -0.212. The van der Waals surface area contributed by atoms with Crippen LogP contribution in [0, 0.1) is 19.7 Å². The molecule has 0 saturated carbocycles. The number of aromatic amines is 1. The average Bonchev–Trinajstić information content (AvgIpc) is 3.05. The zero-order valence-corrected chi connectivity index (χ0v) is 13.6. The lowest BCUT2D eigenvalue weighted by molar-refractivity contribution is 0.613.